The van der Waals surface area contributed by atoms with Gasteiger partial charge in [-0.05, 0) is 73.7 Å². The zero-order chi connectivity index (χ0) is 20.4. The van der Waals surface area contributed by atoms with Gasteiger partial charge in [0.1, 0.15) is 5.75 Å². The maximum atomic E-state index is 12.9. The molecule has 0 saturated carbocycles. The van der Waals surface area contributed by atoms with E-state index < -0.39 is 0 Å². The van der Waals surface area contributed by atoms with Gasteiger partial charge in [-0.15, -0.1) is 10.2 Å². The molecule has 0 aliphatic carbocycles. The van der Waals surface area contributed by atoms with Crippen molar-refractivity contribution in [3.8, 4) is 17.2 Å². The van der Waals surface area contributed by atoms with Gasteiger partial charge in [-0.2, -0.15) is 0 Å². The number of aryl methyl sites for hydroxylation is 2. The fraction of sp³-hybridized carbons (Fsp3) is 0.318. The molecule has 0 bridgehead atoms. The molecule has 0 saturated heterocycles. The van der Waals surface area contributed by atoms with Crippen molar-refractivity contribution in [2.45, 2.75) is 31.9 Å². The van der Waals surface area contributed by atoms with Crippen LogP contribution < -0.4 is 9.64 Å². The number of thioether (sulfide) groups is 1. The van der Waals surface area contributed by atoms with E-state index in [1.807, 2.05) is 29.2 Å². The van der Waals surface area contributed by atoms with Crippen LogP contribution >= 0.6 is 11.8 Å². The van der Waals surface area contributed by atoms with Gasteiger partial charge < -0.3 is 14.1 Å². The fourth-order valence-electron chi connectivity index (χ4n) is 3.65. The predicted molar refractivity (Wildman–Crippen MR) is 114 cm³/mol. The van der Waals surface area contributed by atoms with E-state index in [1.165, 1.54) is 28.5 Å². The summed E-state index contributed by atoms with van der Waals surface area (Å²) >= 11 is 1.27. The number of fused-ring (bicyclic) bond motifs is 1. The summed E-state index contributed by atoms with van der Waals surface area (Å²) in [5.41, 5.74) is 5.57. The van der Waals surface area contributed by atoms with Crippen molar-refractivity contribution in [1.29, 1.82) is 0 Å². The topological polar surface area (TPSA) is 68.5 Å². The monoisotopic (exact) mass is 409 g/mol. The standard InChI is InChI=1S/C22H23N3O3S/c1-14-11-15(2)18-5-4-10-25(19(18)12-14)20(26)13-29-22-24-23-21(28-22)16-6-8-17(27-3)9-7-16/h6-9,11-12H,4-5,10,13H2,1-3H3. The fourth-order valence-corrected chi connectivity index (χ4v) is 4.29. The van der Waals surface area contributed by atoms with Gasteiger partial charge in [-0.3, -0.25) is 4.79 Å². The number of hydrogen-bond donors (Lipinski definition) is 0. The number of aromatic nitrogens is 2. The Balaban J connectivity index is 1.44. The molecule has 2 aromatic carbocycles. The predicted octanol–water partition coefficient (Wildman–Crippen LogP) is 4.43. The van der Waals surface area contributed by atoms with Crippen LogP contribution in [-0.2, 0) is 11.2 Å². The van der Waals surface area contributed by atoms with Crippen molar-refractivity contribution in [2.75, 3.05) is 24.3 Å². The molecule has 0 unspecified atom stereocenters. The molecule has 2 heterocycles. The Labute approximate surface area is 174 Å². The van der Waals surface area contributed by atoms with Gasteiger partial charge in [0.05, 0.1) is 12.9 Å². The Morgan fingerprint density at radius 1 is 1.21 bits per heavy atom. The van der Waals surface area contributed by atoms with Crippen LogP contribution in [0.2, 0.25) is 0 Å². The SMILES string of the molecule is COc1ccc(-c2nnc(SCC(=O)N3CCCc4c(C)cc(C)cc43)o2)cc1. The first kappa shape index (κ1) is 19.5. The second-order valence-electron chi connectivity index (χ2n) is 7.12. The number of anilines is 1. The Kier molecular flexibility index (Phi) is 5.58. The number of nitrogens with zero attached hydrogens (tertiary/aromatic N) is 3. The number of carbonyl (C=O) groups is 1. The van der Waals surface area contributed by atoms with Gasteiger partial charge >= 0.3 is 0 Å². The molecule has 0 radical (unpaired) electrons. The van der Waals surface area contributed by atoms with E-state index in [2.05, 4.69) is 36.2 Å². The molecule has 150 valence electrons. The highest BCUT2D eigenvalue weighted by atomic mass is 32.2. The Morgan fingerprint density at radius 2 is 2.00 bits per heavy atom. The minimum Gasteiger partial charge on any atom is -0.497 e. The molecule has 0 N–H and O–H groups in total. The number of carbonyl (C=O) groups excluding carboxylic acids is 1. The highest BCUT2D eigenvalue weighted by Gasteiger charge is 2.24. The average molecular weight is 410 g/mol. The normalized spacial score (nSPS) is 13.3. The smallest absolute Gasteiger partial charge is 0.277 e. The third-order valence-corrected chi connectivity index (χ3v) is 5.86. The summed E-state index contributed by atoms with van der Waals surface area (Å²) in [6, 6.07) is 11.7. The quantitative estimate of drug-likeness (QED) is 0.581. The van der Waals surface area contributed by atoms with E-state index in [4.69, 9.17) is 9.15 Å². The van der Waals surface area contributed by atoms with Crippen LogP contribution in [0.5, 0.6) is 5.75 Å². The number of rotatable bonds is 5. The van der Waals surface area contributed by atoms with Crippen molar-refractivity contribution >= 4 is 23.4 Å². The second-order valence-corrected chi connectivity index (χ2v) is 8.05. The van der Waals surface area contributed by atoms with E-state index in [0.717, 1.165) is 36.4 Å². The lowest BCUT2D eigenvalue weighted by molar-refractivity contribution is -0.116. The molecule has 0 spiro atoms. The summed E-state index contributed by atoms with van der Waals surface area (Å²) in [5.74, 6) is 1.51. The Bertz CT molecular complexity index is 1030. The first-order valence-electron chi connectivity index (χ1n) is 9.56. The van der Waals surface area contributed by atoms with Crippen LogP contribution in [0.15, 0.2) is 46.0 Å². The van der Waals surface area contributed by atoms with Crippen LogP contribution in [0, 0.1) is 13.8 Å². The summed E-state index contributed by atoms with van der Waals surface area (Å²) in [6.07, 6.45) is 2.00. The summed E-state index contributed by atoms with van der Waals surface area (Å²) in [7, 11) is 1.62. The minimum absolute atomic E-state index is 0.0603. The van der Waals surface area contributed by atoms with E-state index in [0.29, 0.717) is 11.1 Å². The second kappa shape index (κ2) is 8.29. The van der Waals surface area contributed by atoms with Crippen LogP contribution in [0.4, 0.5) is 5.69 Å². The van der Waals surface area contributed by atoms with Crippen molar-refractivity contribution in [3.63, 3.8) is 0 Å². The molecule has 1 amide bonds. The van der Waals surface area contributed by atoms with E-state index in [1.54, 1.807) is 7.11 Å². The van der Waals surface area contributed by atoms with Gasteiger partial charge in [0, 0.05) is 17.8 Å². The molecule has 0 fully saturated rings. The molecule has 1 aliphatic rings. The number of hydrogen-bond acceptors (Lipinski definition) is 6. The molecular weight excluding hydrogens is 386 g/mol. The van der Waals surface area contributed by atoms with E-state index in [9.17, 15) is 4.79 Å². The lowest BCUT2D eigenvalue weighted by Crippen LogP contribution is -2.37. The molecule has 1 aliphatic heterocycles. The summed E-state index contributed by atoms with van der Waals surface area (Å²) in [6.45, 7) is 4.93. The maximum absolute atomic E-state index is 12.9. The van der Waals surface area contributed by atoms with E-state index >= 15 is 0 Å². The van der Waals surface area contributed by atoms with Gasteiger partial charge in [-0.25, -0.2) is 0 Å². The number of amides is 1. The van der Waals surface area contributed by atoms with E-state index in [-0.39, 0.29) is 11.7 Å². The van der Waals surface area contributed by atoms with Crippen molar-refractivity contribution < 1.29 is 13.9 Å². The number of methoxy groups -OCH3 is 1. The number of benzene rings is 2. The zero-order valence-electron chi connectivity index (χ0n) is 16.8. The highest BCUT2D eigenvalue weighted by Crippen LogP contribution is 2.32. The third kappa shape index (κ3) is 4.15. The summed E-state index contributed by atoms with van der Waals surface area (Å²) in [5, 5.41) is 8.55. The molecule has 6 nitrogen and oxygen atoms in total. The van der Waals surface area contributed by atoms with Crippen LogP contribution in [-0.4, -0.2) is 35.5 Å². The Morgan fingerprint density at radius 3 is 2.76 bits per heavy atom. The number of ether oxygens (including phenoxy) is 1. The summed E-state index contributed by atoms with van der Waals surface area (Å²) < 4.78 is 10.9. The van der Waals surface area contributed by atoms with Crippen LogP contribution in [0.1, 0.15) is 23.1 Å². The molecule has 4 rings (SSSR count). The van der Waals surface area contributed by atoms with Crippen molar-refractivity contribution in [1.82, 2.24) is 10.2 Å². The average Bonchev–Trinajstić information content (AvgIpc) is 3.20. The van der Waals surface area contributed by atoms with Crippen molar-refractivity contribution in [3.05, 3.63) is 53.1 Å². The van der Waals surface area contributed by atoms with Gasteiger partial charge in [-0.1, -0.05) is 17.8 Å². The van der Waals surface area contributed by atoms with Gasteiger partial charge in [0.25, 0.3) is 5.22 Å². The van der Waals surface area contributed by atoms with Crippen molar-refractivity contribution in [2.24, 2.45) is 0 Å². The molecular formula is C22H23N3O3S. The Hall–Kier alpha value is -2.80. The van der Waals surface area contributed by atoms with Gasteiger partial charge in [0.15, 0.2) is 0 Å². The zero-order valence-corrected chi connectivity index (χ0v) is 17.6. The molecule has 3 aromatic rings. The first-order chi connectivity index (χ1) is 14.0. The first-order valence-corrected chi connectivity index (χ1v) is 10.5. The largest absolute Gasteiger partial charge is 0.497 e. The lowest BCUT2D eigenvalue weighted by Gasteiger charge is -2.31. The highest BCUT2D eigenvalue weighted by molar-refractivity contribution is 7.99. The van der Waals surface area contributed by atoms with Crippen LogP contribution in [0.25, 0.3) is 11.5 Å². The molecule has 7 heteroatoms. The van der Waals surface area contributed by atoms with Crippen LogP contribution in [0.3, 0.4) is 0 Å². The maximum Gasteiger partial charge on any atom is 0.277 e. The molecule has 0 atom stereocenters. The molecule has 1 aromatic heterocycles. The molecule has 29 heavy (non-hydrogen) atoms. The lowest BCUT2D eigenvalue weighted by atomic mass is 9.95. The van der Waals surface area contributed by atoms with Gasteiger partial charge in [0.2, 0.25) is 11.8 Å². The minimum atomic E-state index is 0.0603. The third-order valence-electron chi connectivity index (χ3n) is 5.06. The summed E-state index contributed by atoms with van der Waals surface area (Å²) in [4.78, 5) is 14.8.